The molecule has 4 aliphatic carbocycles. The molecule has 6 atom stereocenters. The SMILES string of the molecule is CC(=O)O[C@@H]1C2[C@H]3C[C@@H]1[C@@H]1CN(C(=O)CCl)CC231. The number of hydrogen-bond donors (Lipinski definition) is 0. The van der Waals surface area contributed by atoms with Crippen molar-refractivity contribution < 1.29 is 14.3 Å². The molecule has 5 fully saturated rings. The highest BCUT2D eigenvalue weighted by molar-refractivity contribution is 6.27. The lowest BCUT2D eigenvalue weighted by Crippen LogP contribution is -2.33. The molecule has 1 amide bonds. The average molecular weight is 270 g/mol. The summed E-state index contributed by atoms with van der Waals surface area (Å²) < 4.78 is 5.50. The van der Waals surface area contributed by atoms with E-state index in [1.54, 1.807) is 0 Å². The van der Waals surface area contributed by atoms with E-state index in [2.05, 4.69) is 0 Å². The molecule has 5 heteroatoms. The molecule has 4 saturated carbocycles. The maximum absolute atomic E-state index is 11.7. The summed E-state index contributed by atoms with van der Waals surface area (Å²) in [6.07, 6.45) is 1.32. The lowest BCUT2D eigenvalue weighted by molar-refractivity contribution is -0.149. The van der Waals surface area contributed by atoms with E-state index in [0.717, 1.165) is 13.1 Å². The molecule has 1 aliphatic heterocycles. The number of esters is 1. The van der Waals surface area contributed by atoms with Gasteiger partial charge in [0, 0.05) is 37.3 Å². The second kappa shape index (κ2) is 3.21. The van der Waals surface area contributed by atoms with Crippen LogP contribution >= 0.6 is 11.6 Å². The van der Waals surface area contributed by atoms with Crippen molar-refractivity contribution in [1.82, 2.24) is 4.90 Å². The lowest BCUT2D eigenvalue weighted by atomic mass is 9.93. The fraction of sp³-hybridized carbons (Fsp3) is 0.846. The van der Waals surface area contributed by atoms with Crippen molar-refractivity contribution >= 4 is 23.5 Å². The first-order valence-corrected chi connectivity index (χ1v) is 7.14. The number of carbonyl (C=O) groups excluding carboxylic acids is 2. The molecule has 2 unspecified atom stereocenters. The summed E-state index contributed by atoms with van der Waals surface area (Å²) >= 11 is 5.63. The Morgan fingerprint density at radius 2 is 2.22 bits per heavy atom. The van der Waals surface area contributed by atoms with E-state index in [0.29, 0.717) is 23.7 Å². The Labute approximate surface area is 111 Å². The topological polar surface area (TPSA) is 46.6 Å². The highest BCUT2D eigenvalue weighted by Gasteiger charge is 2.86. The zero-order valence-electron chi connectivity index (χ0n) is 10.3. The van der Waals surface area contributed by atoms with Crippen LogP contribution < -0.4 is 0 Å². The number of rotatable bonds is 2. The minimum atomic E-state index is -0.165. The standard InChI is InChI=1S/C13H16ClNO3/c1-6(16)18-12-7-2-8-11(12)13(8)5-15(4-9(7)13)10(17)3-14/h7-9,11-12H,2-5H2,1H3/t7-,8-,9+,11?,12+,13?/m1/s1. The van der Waals surface area contributed by atoms with Gasteiger partial charge in [0.25, 0.3) is 0 Å². The van der Waals surface area contributed by atoms with Crippen molar-refractivity contribution in [2.75, 3.05) is 19.0 Å². The number of ether oxygens (including phenoxy) is 1. The Hall–Kier alpha value is -0.770. The van der Waals surface area contributed by atoms with Gasteiger partial charge in [0.15, 0.2) is 0 Å². The first-order chi connectivity index (χ1) is 8.59. The predicted octanol–water partition coefficient (Wildman–Crippen LogP) is 0.881. The van der Waals surface area contributed by atoms with E-state index < -0.39 is 0 Å². The fourth-order valence-electron chi connectivity index (χ4n) is 5.39. The quantitative estimate of drug-likeness (QED) is 0.552. The van der Waals surface area contributed by atoms with Crippen LogP contribution in [0, 0.1) is 29.1 Å². The van der Waals surface area contributed by atoms with Crippen molar-refractivity contribution in [1.29, 1.82) is 0 Å². The van der Waals surface area contributed by atoms with Gasteiger partial charge in [0.05, 0.1) is 0 Å². The average Bonchev–Trinajstić information content (AvgIpc) is 2.70. The molecular formula is C13H16ClNO3. The van der Waals surface area contributed by atoms with E-state index in [1.165, 1.54) is 13.3 Å². The van der Waals surface area contributed by atoms with Crippen molar-refractivity contribution in [2.24, 2.45) is 29.1 Å². The van der Waals surface area contributed by atoms with Crippen molar-refractivity contribution in [2.45, 2.75) is 19.4 Å². The molecule has 4 bridgehead atoms. The normalized spacial score (nSPS) is 50.3. The third-order valence-electron chi connectivity index (χ3n) is 5.80. The van der Waals surface area contributed by atoms with Crippen LogP contribution in [0.3, 0.4) is 0 Å². The molecule has 5 aliphatic rings. The second-order valence-corrected chi connectivity index (χ2v) is 6.50. The van der Waals surface area contributed by atoms with Crippen LogP contribution in [0.4, 0.5) is 0 Å². The molecule has 5 rings (SSSR count). The number of carbonyl (C=O) groups is 2. The molecular weight excluding hydrogens is 254 g/mol. The summed E-state index contributed by atoms with van der Waals surface area (Å²) in [7, 11) is 0. The predicted molar refractivity (Wildman–Crippen MR) is 63.9 cm³/mol. The molecule has 0 N–H and O–H groups in total. The van der Waals surface area contributed by atoms with Crippen molar-refractivity contribution in [3.63, 3.8) is 0 Å². The first kappa shape index (κ1) is 11.1. The van der Waals surface area contributed by atoms with Crippen molar-refractivity contribution in [3.05, 3.63) is 0 Å². The minimum Gasteiger partial charge on any atom is -0.462 e. The first-order valence-electron chi connectivity index (χ1n) is 6.60. The van der Waals surface area contributed by atoms with E-state index in [9.17, 15) is 9.59 Å². The van der Waals surface area contributed by atoms with Gasteiger partial charge in [-0.3, -0.25) is 9.59 Å². The Kier molecular flexibility index (Phi) is 1.98. The number of hydrogen-bond acceptors (Lipinski definition) is 3. The third-order valence-corrected chi connectivity index (χ3v) is 6.02. The van der Waals surface area contributed by atoms with E-state index in [-0.39, 0.29) is 29.3 Å². The van der Waals surface area contributed by atoms with E-state index in [1.807, 2.05) is 4.90 Å². The maximum atomic E-state index is 11.7. The maximum Gasteiger partial charge on any atom is 0.302 e. The van der Waals surface area contributed by atoms with E-state index >= 15 is 0 Å². The molecule has 98 valence electrons. The Morgan fingerprint density at radius 1 is 1.44 bits per heavy atom. The Balaban J connectivity index is 1.56. The molecule has 0 aromatic heterocycles. The molecule has 18 heavy (non-hydrogen) atoms. The summed E-state index contributed by atoms with van der Waals surface area (Å²) in [4.78, 5) is 24.8. The van der Waals surface area contributed by atoms with Gasteiger partial charge in [0.2, 0.25) is 5.91 Å². The molecule has 0 aromatic carbocycles. The molecule has 4 nitrogen and oxygen atoms in total. The van der Waals surface area contributed by atoms with Crippen LogP contribution in [0.1, 0.15) is 13.3 Å². The summed E-state index contributed by atoms with van der Waals surface area (Å²) in [6, 6.07) is 0. The fourth-order valence-corrected chi connectivity index (χ4v) is 5.56. The van der Waals surface area contributed by atoms with Gasteiger partial charge in [-0.05, 0) is 18.3 Å². The minimum absolute atomic E-state index is 0.0505. The molecule has 0 radical (unpaired) electrons. The van der Waals surface area contributed by atoms with Crippen molar-refractivity contribution in [3.8, 4) is 0 Å². The van der Waals surface area contributed by atoms with Crippen LogP contribution in [0.5, 0.6) is 0 Å². The van der Waals surface area contributed by atoms with Gasteiger partial charge < -0.3 is 9.64 Å². The number of halogens is 1. The summed E-state index contributed by atoms with van der Waals surface area (Å²) in [5.74, 6) is 2.20. The third kappa shape index (κ3) is 1.05. The zero-order valence-corrected chi connectivity index (χ0v) is 11.0. The number of alkyl halides is 1. The zero-order chi connectivity index (χ0) is 12.7. The molecule has 1 spiro atoms. The van der Waals surface area contributed by atoms with Gasteiger partial charge in [0.1, 0.15) is 12.0 Å². The van der Waals surface area contributed by atoms with Gasteiger partial charge >= 0.3 is 5.97 Å². The van der Waals surface area contributed by atoms with Gasteiger partial charge in [-0.15, -0.1) is 11.6 Å². The summed E-state index contributed by atoms with van der Waals surface area (Å²) in [6.45, 7) is 3.15. The Morgan fingerprint density at radius 3 is 2.83 bits per heavy atom. The molecule has 1 saturated heterocycles. The monoisotopic (exact) mass is 269 g/mol. The van der Waals surface area contributed by atoms with Crippen LogP contribution in [0.2, 0.25) is 0 Å². The van der Waals surface area contributed by atoms with Crippen LogP contribution in [-0.2, 0) is 14.3 Å². The Bertz CT molecular complexity index is 452. The summed E-state index contributed by atoms with van der Waals surface area (Å²) in [5.41, 5.74) is 0.284. The number of likely N-dealkylation sites (tertiary alicyclic amines) is 1. The largest absolute Gasteiger partial charge is 0.462 e. The highest BCUT2D eigenvalue weighted by Crippen LogP contribution is 2.83. The van der Waals surface area contributed by atoms with Crippen LogP contribution in [0.25, 0.3) is 0 Å². The van der Waals surface area contributed by atoms with Gasteiger partial charge in [-0.1, -0.05) is 0 Å². The van der Waals surface area contributed by atoms with E-state index in [4.69, 9.17) is 16.3 Å². The lowest BCUT2D eigenvalue weighted by Gasteiger charge is -2.22. The number of nitrogens with zero attached hydrogens (tertiary/aromatic N) is 1. The number of amides is 1. The molecule has 1 heterocycles. The van der Waals surface area contributed by atoms with Gasteiger partial charge in [-0.25, -0.2) is 0 Å². The van der Waals surface area contributed by atoms with Crippen LogP contribution in [0.15, 0.2) is 0 Å². The highest BCUT2D eigenvalue weighted by atomic mass is 35.5. The second-order valence-electron chi connectivity index (χ2n) is 6.23. The smallest absolute Gasteiger partial charge is 0.302 e. The van der Waals surface area contributed by atoms with Crippen LogP contribution in [-0.4, -0.2) is 41.8 Å². The van der Waals surface area contributed by atoms with Gasteiger partial charge in [-0.2, -0.15) is 0 Å². The molecule has 0 aromatic rings. The summed E-state index contributed by atoms with van der Waals surface area (Å²) in [5, 5.41) is 0.